The summed E-state index contributed by atoms with van der Waals surface area (Å²) in [4.78, 5) is 2.54. The van der Waals surface area contributed by atoms with Gasteiger partial charge in [0.15, 0.2) is 0 Å². The molecule has 1 aromatic carbocycles. The van der Waals surface area contributed by atoms with Crippen molar-refractivity contribution >= 4 is 21.6 Å². The predicted molar refractivity (Wildman–Crippen MR) is 81.6 cm³/mol. The third-order valence-corrected chi connectivity index (χ3v) is 4.96. The van der Waals surface area contributed by atoms with Gasteiger partial charge in [0.2, 0.25) is 0 Å². The first-order chi connectivity index (χ1) is 9.29. The van der Waals surface area contributed by atoms with Crippen LogP contribution in [0.15, 0.2) is 22.7 Å². The maximum atomic E-state index is 5.88. The molecule has 0 spiro atoms. The average Bonchev–Trinajstić information content (AvgIpc) is 2.89. The fraction of sp³-hybridized carbons (Fsp3) is 0.600. The zero-order chi connectivity index (χ0) is 13.2. The predicted octanol–water partition coefficient (Wildman–Crippen LogP) is 2.93. The highest BCUT2D eigenvalue weighted by molar-refractivity contribution is 9.10. The van der Waals surface area contributed by atoms with Crippen LogP contribution in [0.2, 0.25) is 0 Å². The quantitative estimate of drug-likeness (QED) is 0.925. The lowest BCUT2D eigenvalue weighted by Crippen LogP contribution is -2.48. The first kappa shape index (κ1) is 13.4. The second-order valence-electron chi connectivity index (χ2n) is 5.41. The summed E-state index contributed by atoms with van der Waals surface area (Å²) < 4.78 is 7.08. The summed E-state index contributed by atoms with van der Waals surface area (Å²) in [7, 11) is 1.98. The number of benzene rings is 1. The van der Waals surface area contributed by atoms with E-state index in [0.29, 0.717) is 12.1 Å². The Hall–Kier alpha value is -0.580. The van der Waals surface area contributed by atoms with E-state index in [1.807, 2.05) is 7.05 Å². The first-order valence-electron chi connectivity index (χ1n) is 7.11. The molecule has 19 heavy (non-hydrogen) atoms. The number of fused-ring (bicyclic) bond motifs is 1. The molecule has 2 unspecified atom stereocenters. The van der Waals surface area contributed by atoms with Gasteiger partial charge in [-0.2, -0.15) is 0 Å². The van der Waals surface area contributed by atoms with E-state index < -0.39 is 0 Å². The maximum absolute atomic E-state index is 5.88. The van der Waals surface area contributed by atoms with Crippen molar-refractivity contribution < 1.29 is 4.74 Å². The molecule has 2 aliphatic rings. The van der Waals surface area contributed by atoms with Gasteiger partial charge in [-0.05, 0) is 44.0 Å². The Bertz CT molecular complexity index is 452. The molecular formula is C15H21BrN2O. The lowest BCUT2D eigenvalue weighted by atomic mass is 10.1. The summed E-state index contributed by atoms with van der Waals surface area (Å²) in [5.74, 6) is 0. The minimum atomic E-state index is 0.449. The van der Waals surface area contributed by atoms with Gasteiger partial charge in [0.25, 0.3) is 0 Å². The van der Waals surface area contributed by atoms with Crippen molar-refractivity contribution in [3.8, 4) is 0 Å². The third kappa shape index (κ3) is 2.67. The van der Waals surface area contributed by atoms with Crippen LogP contribution < -0.4 is 10.2 Å². The highest BCUT2D eigenvalue weighted by atomic mass is 79.9. The van der Waals surface area contributed by atoms with E-state index in [9.17, 15) is 0 Å². The molecule has 1 aliphatic heterocycles. The van der Waals surface area contributed by atoms with E-state index in [1.165, 1.54) is 35.0 Å². The Morgan fingerprint density at radius 3 is 3.11 bits per heavy atom. The summed E-state index contributed by atoms with van der Waals surface area (Å²) in [6, 6.07) is 7.30. The molecule has 0 aromatic heterocycles. The molecule has 1 saturated carbocycles. The molecule has 1 N–H and O–H groups in total. The van der Waals surface area contributed by atoms with Crippen molar-refractivity contribution in [1.29, 1.82) is 0 Å². The summed E-state index contributed by atoms with van der Waals surface area (Å²) in [6.07, 6.45) is 4.23. The Morgan fingerprint density at radius 2 is 2.32 bits per heavy atom. The highest BCUT2D eigenvalue weighted by Gasteiger charge is 2.36. The Kier molecular flexibility index (Phi) is 4.10. The molecule has 2 atom stereocenters. The number of morpholine rings is 1. The second-order valence-corrected chi connectivity index (χ2v) is 6.26. The molecule has 3 nitrogen and oxygen atoms in total. The normalized spacial score (nSPS) is 26.5. The molecule has 104 valence electrons. The van der Waals surface area contributed by atoms with Crippen LogP contribution in [0.5, 0.6) is 0 Å². The smallest absolute Gasteiger partial charge is 0.0779 e. The van der Waals surface area contributed by atoms with Gasteiger partial charge in [0.1, 0.15) is 0 Å². The van der Waals surface area contributed by atoms with Crippen molar-refractivity contribution in [3.05, 3.63) is 28.2 Å². The van der Waals surface area contributed by atoms with E-state index in [2.05, 4.69) is 44.3 Å². The number of hydrogen-bond donors (Lipinski definition) is 1. The zero-order valence-corrected chi connectivity index (χ0v) is 12.9. The summed E-state index contributed by atoms with van der Waals surface area (Å²) >= 11 is 3.69. The van der Waals surface area contributed by atoms with Crippen molar-refractivity contribution in [2.45, 2.75) is 38.0 Å². The fourth-order valence-corrected chi connectivity index (χ4v) is 3.80. The van der Waals surface area contributed by atoms with Gasteiger partial charge in [-0.15, -0.1) is 0 Å². The summed E-state index contributed by atoms with van der Waals surface area (Å²) in [5.41, 5.74) is 2.63. The van der Waals surface area contributed by atoms with Crippen molar-refractivity contribution in [1.82, 2.24) is 5.32 Å². The molecule has 1 aliphatic carbocycles. The maximum Gasteiger partial charge on any atom is 0.0779 e. The summed E-state index contributed by atoms with van der Waals surface area (Å²) in [5, 5.41) is 3.20. The second kappa shape index (κ2) is 5.81. The minimum Gasteiger partial charge on any atom is -0.374 e. The molecule has 2 fully saturated rings. The molecule has 1 aromatic rings. The van der Waals surface area contributed by atoms with E-state index in [0.717, 1.165) is 19.7 Å². The van der Waals surface area contributed by atoms with Crippen molar-refractivity contribution in [2.75, 3.05) is 25.1 Å². The SMILES string of the molecule is CNCc1ccc(N2CCOC3CCCC32)cc1Br. The lowest BCUT2D eigenvalue weighted by Gasteiger charge is -2.39. The number of nitrogens with zero attached hydrogens (tertiary/aromatic N) is 1. The third-order valence-electron chi connectivity index (χ3n) is 4.22. The lowest BCUT2D eigenvalue weighted by molar-refractivity contribution is 0.0256. The van der Waals surface area contributed by atoms with E-state index >= 15 is 0 Å². The highest BCUT2D eigenvalue weighted by Crippen LogP contribution is 2.34. The number of anilines is 1. The Balaban J connectivity index is 1.83. The van der Waals surface area contributed by atoms with Gasteiger partial charge >= 0.3 is 0 Å². The minimum absolute atomic E-state index is 0.449. The number of halogens is 1. The van der Waals surface area contributed by atoms with Crippen LogP contribution in [-0.2, 0) is 11.3 Å². The van der Waals surface area contributed by atoms with Crippen LogP contribution in [0, 0.1) is 0 Å². The Morgan fingerprint density at radius 1 is 1.42 bits per heavy atom. The zero-order valence-electron chi connectivity index (χ0n) is 11.4. The van der Waals surface area contributed by atoms with Crippen LogP contribution in [0.4, 0.5) is 5.69 Å². The molecule has 4 heteroatoms. The monoisotopic (exact) mass is 324 g/mol. The van der Waals surface area contributed by atoms with Gasteiger partial charge < -0.3 is 15.0 Å². The molecule has 0 bridgehead atoms. The average molecular weight is 325 g/mol. The molecule has 0 radical (unpaired) electrons. The van der Waals surface area contributed by atoms with Gasteiger partial charge in [-0.3, -0.25) is 0 Å². The van der Waals surface area contributed by atoms with Gasteiger partial charge in [0.05, 0.1) is 18.8 Å². The molecule has 3 rings (SSSR count). The van der Waals surface area contributed by atoms with Crippen molar-refractivity contribution in [2.24, 2.45) is 0 Å². The van der Waals surface area contributed by atoms with Crippen molar-refractivity contribution in [3.63, 3.8) is 0 Å². The fourth-order valence-electron chi connectivity index (χ4n) is 3.29. The van der Waals surface area contributed by atoms with Crippen LogP contribution in [0.1, 0.15) is 24.8 Å². The number of hydrogen-bond acceptors (Lipinski definition) is 3. The topological polar surface area (TPSA) is 24.5 Å². The van der Waals surface area contributed by atoms with Crippen LogP contribution in [0.3, 0.4) is 0 Å². The summed E-state index contributed by atoms with van der Waals surface area (Å²) in [6.45, 7) is 2.77. The Labute approximate surface area is 123 Å². The van der Waals surface area contributed by atoms with Gasteiger partial charge in [-0.1, -0.05) is 22.0 Å². The van der Waals surface area contributed by atoms with E-state index in [4.69, 9.17) is 4.74 Å². The van der Waals surface area contributed by atoms with Crippen LogP contribution in [-0.4, -0.2) is 32.3 Å². The van der Waals surface area contributed by atoms with E-state index in [-0.39, 0.29) is 0 Å². The van der Waals surface area contributed by atoms with E-state index in [1.54, 1.807) is 0 Å². The van der Waals surface area contributed by atoms with Gasteiger partial charge in [-0.25, -0.2) is 0 Å². The molecule has 1 heterocycles. The van der Waals surface area contributed by atoms with Crippen LogP contribution in [0.25, 0.3) is 0 Å². The number of nitrogens with one attached hydrogen (secondary N) is 1. The number of ether oxygens (including phenoxy) is 1. The van der Waals surface area contributed by atoms with Crippen LogP contribution >= 0.6 is 15.9 Å². The van der Waals surface area contributed by atoms with Gasteiger partial charge in [0, 0.05) is 23.2 Å². The standard InChI is InChI=1S/C15H21BrN2O/c1-17-10-11-5-6-12(9-13(11)16)18-7-8-19-15-4-2-3-14(15)18/h5-6,9,14-15,17H,2-4,7-8,10H2,1H3. The molecule has 0 amide bonds. The first-order valence-corrected chi connectivity index (χ1v) is 7.90. The molecular weight excluding hydrogens is 304 g/mol. The number of rotatable bonds is 3. The largest absolute Gasteiger partial charge is 0.374 e. The molecule has 1 saturated heterocycles.